The Morgan fingerprint density at radius 3 is 2.25 bits per heavy atom. The lowest BCUT2D eigenvalue weighted by Crippen LogP contribution is -2.46. The van der Waals surface area contributed by atoms with Crippen molar-refractivity contribution in [3.8, 4) is 0 Å². The second-order valence-corrected chi connectivity index (χ2v) is 7.15. The molecule has 0 aliphatic heterocycles. The van der Waals surface area contributed by atoms with Gasteiger partial charge in [0.15, 0.2) is 0 Å². The lowest BCUT2D eigenvalue weighted by molar-refractivity contribution is 0.215. The highest BCUT2D eigenvalue weighted by Gasteiger charge is 2.32. The van der Waals surface area contributed by atoms with Gasteiger partial charge in [-0.2, -0.15) is 0 Å². The molecule has 110 valence electrons. The Kier molecular flexibility index (Phi) is 4.68. The van der Waals surface area contributed by atoms with Crippen molar-refractivity contribution in [1.82, 2.24) is 5.32 Å². The normalized spacial score (nSPS) is 33.7. The molecule has 2 saturated carbocycles. The van der Waals surface area contributed by atoms with Crippen LogP contribution < -0.4 is 5.32 Å². The topological polar surface area (TPSA) is 12.0 Å². The third-order valence-electron chi connectivity index (χ3n) is 5.37. The van der Waals surface area contributed by atoms with E-state index in [0.717, 1.165) is 28.9 Å². The van der Waals surface area contributed by atoms with Gasteiger partial charge in [-0.25, -0.2) is 0 Å². The van der Waals surface area contributed by atoms with E-state index in [1.165, 1.54) is 50.5 Å². The fourth-order valence-corrected chi connectivity index (χ4v) is 3.96. The molecule has 0 amide bonds. The average Bonchev–Trinajstić information content (AvgIpc) is 2.44. The Bertz CT molecular complexity index is 414. The summed E-state index contributed by atoms with van der Waals surface area (Å²) in [4.78, 5) is 0. The van der Waals surface area contributed by atoms with Crippen LogP contribution in [0.5, 0.6) is 0 Å². The van der Waals surface area contributed by atoms with E-state index < -0.39 is 0 Å². The number of nitrogens with one attached hydrogen (secondary N) is 1. The van der Waals surface area contributed by atoms with E-state index in [1.807, 2.05) is 12.1 Å². The van der Waals surface area contributed by atoms with Crippen molar-refractivity contribution in [2.24, 2.45) is 5.92 Å². The van der Waals surface area contributed by atoms with Crippen LogP contribution >= 0.6 is 11.6 Å². The summed E-state index contributed by atoms with van der Waals surface area (Å²) < 4.78 is 0. The SMILES string of the molecule is CCC1CCC(NC2CC(c3ccc(Cl)cc3)C2)CC1. The predicted octanol–water partition coefficient (Wildman–Crippen LogP) is 5.14. The van der Waals surface area contributed by atoms with Crippen LogP contribution in [0.1, 0.15) is 63.4 Å². The first-order chi connectivity index (χ1) is 9.74. The van der Waals surface area contributed by atoms with Gasteiger partial charge in [0.2, 0.25) is 0 Å². The van der Waals surface area contributed by atoms with Crippen molar-refractivity contribution >= 4 is 11.6 Å². The lowest BCUT2D eigenvalue weighted by Gasteiger charge is -2.40. The van der Waals surface area contributed by atoms with E-state index in [2.05, 4.69) is 24.4 Å². The largest absolute Gasteiger partial charge is 0.311 e. The van der Waals surface area contributed by atoms with Crippen LogP contribution in [0.15, 0.2) is 24.3 Å². The van der Waals surface area contributed by atoms with Crippen LogP contribution in [0.4, 0.5) is 0 Å². The fraction of sp³-hybridized carbons (Fsp3) is 0.667. The third-order valence-corrected chi connectivity index (χ3v) is 5.63. The lowest BCUT2D eigenvalue weighted by atomic mass is 9.75. The van der Waals surface area contributed by atoms with E-state index in [4.69, 9.17) is 11.6 Å². The zero-order chi connectivity index (χ0) is 13.9. The van der Waals surface area contributed by atoms with Gasteiger partial charge in [-0.3, -0.25) is 0 Å². The Labute approximate surface area is 128 Å². The van der Waals surface area contributed by atoms with Gasteiger partial charge in [0.1, 0.15) is 0 Å². The van der Waals surface area contributed by atoms with Crippen LogP contribution in [0.2, 0.25) is 5.02 Å². The van der Waals surface area contributed by atoms with Gasteiger partial charge in [-0.15, -0.1) is 0 Å². The molecule has 1 aromatic rings. The maximum atomic E-state index is 5.95. The van der Waals surface area contributed by atoms with Gasteiger partial charge >= 0.3 is 0 Å². The Hall–Kier alpha value is -0.530. The van der Waals surface area contributed by atoms with Gasteiger partial charge in [0.25, 0.3) is 0 Å². The van der Waals surface area contributed by atoms with Crippen molar-refractivity contribution in [2.45, 2.75) is 69.9 Å². The summed E-state index contributed by atoms with van der Waals surface area (Å²) in [6.07, 6.45) is 9.61. The van der Waals surface area contributed by atoms with Crippen LogP contribution in [0.25, 0.3) is 0 Å². The summed E-state index contributed by atoms with van der Waals surface area (Å²) in [6, 6.07) is 9.95. The van der Waals surface area contributed by atoms with Gasteiger partial charge in [-0.1, -0.05) is 37.1 Å². The highest BCUT2D eigenvalue weighted by molar-refractivity contribution is 6.30. The van der Waals surface area contributed by atoms with Crippen molar-refractivity contribution < 1.29 is 0 Å². The first kappa shape index (κ1) is 14.4. The van der Waals surface area contributed by atoms with Crippen LogP contribution in [-0.4, -0.2) is 12.1 Å². The molecule has 1 aromatic carbocycles. The minimum atomic E-state index is 0.747. The highest BCUT2D eigenvalue weighted by Crippen LogP contribution is 2.38. The summed E-state index contributed by atoms with van der Waals surface area (Å²) in [5.74, 6) is 1.74. The van der Waals surface area contributed by atoms with Crippen LogP contribution in [0.3, 0.4) is 0 Å². The smallest absolute Gasteiger partial charge is 0.0406 e. The second-order valence-electron chi connectivity index (χ2n) is 6.71. The Balaban J connectivity index is 1.41. The second kappa shape index (κ2) is 6.49. The van der Waals surface area contributed by atoms with E-state index in [1.54, 1.807) is 0 Å². The molecule has 0 bridgehead atoms. The molecule has 0 atom stereocenters. The Morgan fingerprint density at radius 1 is 1.00 bits per heavy atom. The third kappa shape index (κ3) is 3.38. The average molecular weight is 292 g/mol. The first-order valence-corrected chi connectivity index (χ1v) is 8.64. The molecule has 2 aliphatic carbocycles. The van der Waals surface area contributed by atoms with E-state index >= 15 is 0 Å². The summed E-state index contributed by atoms with van der Waals surface area (Å²) >= 11 is 5.95. The van der Waals surface area contributed by atoms with Crippen molar-refractivity contribution in [2.75, 3.05) is 0 Å². The molecule has 0 heterocycles. The summed E-state index contributed by atoms with van der Waals surface area (Å²) in [6.45, 7) is 2.33. The summed E-state index contributed by atoms with van der Waals surface area (Å²) in [7, 11) is 0. The fourth-order valence-electron chi connectivity index (χ4n) is 3.83. The standard InChI is InChI=1S/C18H26ClN/c1-2-13-3-9-17(10-4-13)20-18-11-15(12-18)14-5-7-16(19)8-6-14/h5-8,13,15,17-18,20H,2-4,9-12H2,1H3. The molecule has 0 spiro atoms. The molecule has 1 N–H and O–H groups in total. The van der Waals surface area contributed by atoms with Gasteiger partial charge in [0, 0.05) is 17.1 Å². The number of hydrogen-bond acceptors (Lipinski definition) is 1. The van der Waals surface area contributed by atoms with E-state index in [0.29, 0.717) is 0 Å². The minimum absolute atomic E-state index is 0.747. The Morgan fingerprint density at radius 2 is 1.65 bits per heavy atom. The van der Waals surface area contributed by atoms with Crippen molar-refractivity contribution in [3.05, 3.63) is 34.9 Å². The molecule has 0 aromatic heterocycles. The first-order valence-electron chi connectivity index (χ1n) is 8.26. The minimum Gasteiger partial charge on any atom is -0.311 e. The maximum absolute atomic E-state index is 5.95. The summed E-state index contributed by atoms with van der Waals surface area (Å²) in [5, 5.41) is 4.73. The van der Waals surface area contributed by atoms with Crippen molar-refractivity contribution in [3.63, 3.8) is 0 Å². The molecule has 1 nitrogen and oxygen atoms in total. The van der Waals surface area contributed by atoms with Crippen LogP contribution in [0, 0.1) is 5.92 Å². The molecule has 20 heavy (non-hydrogen) atoms. The molecule has 0 saturated heterocycles. The van der Waals surface area contributed by atoms with Crippen LogP contribution in [-0.2, 0) is 0 Å². The molecule has 2 heteroatoms. The number of rotatable bonds is 4. The predicted molar refractivity (Wildman–Crippen MR) is 86.4 cm³/mol. The van der Waals surface area contributed by atoms with E-state index in [-0.39, 0.29) is 0 Å². The molecular weight excluding hydrogens is 266 g/mol. The number of halogens is 1. The summed E-state index contributed by atoms with van der Waals surface area (Å²) in [5.41, 5.74) is 1.46. The molecule has 2 aliphatic rings. The zero-order valence-electron chi connectivity index (χ0n) is 12.4. The van der Waals surface area contributed by atoms with Crippen molar-refractivity contribution in [1.29, 1.82) is 0 Å². The quantitative estimate of drug-likeness (QED) is 0.809. The molecule has 0 unspecified atom stereocenters. The van der Waals surface area contributed by atoms with Gasteiger partial charge < -0.3 is 5.32 Å². The van der Waals surface area contributed by atoms with Gasteiger partial charge in [-0.05, 0) is 68.1 Å². The molecule has 0 radical (unpaired) electrons. The highest BCUT2D eigenvalue weighted by atomic mass is 35.5. The number of hydrogen-bond donors (Lipinski definition) is 1. The number of benzene rings is 1. The molecule has 3 rings (SSSR count). The monoisotopic (exact) mass is 291 g/mol. The zero-order valence-corrected chi connectivity index (χ0v) is 13.2. The van der Waals surface area contributed by atoms with E-state index in [9.17, 15) is 0 Å². The maximum Gasteiger partial charge on any atom is 0.0406 e. The molecule has 2 fully saturated rings. The van der Waals surface area contributed by atoms with Gasteiger partial charge in [0.05, 0.1) is 0 Å². The molecular formula is C18H26ClN.